The molecule has 152 valence electrons. The fraction of sp³-hybridized carbons (Fsp3) is 0.955. The molecule has 25 heavy (non-hydrogen) atoms. The normalized spacial score (nSPS) is 11.8. The van der Waals surface area contributed by atoms with Crippen LogP contribution >= 0.6 is 0 Å². The minimum Gasteiger partial charge on any atom is -0.465 e. The van der Waals surface area contributed by atoms with Gasteiger partial charge in [0.2, 0.25) is 0 Å². The molecule has 0 aliphatic heterocycles. The van der Waals surface area contributed by atoms with Gasteiger partial charge in [0.15, 0.2) is 0 Å². The van der Waals surface area contributed by atoms with Crippen LogP contribution in [0.15, 0.2) is 0 Å². The molecule has 0 amide bonds. The van der Waals surface area contributed by atoms with Gasteiger partial charge in [-0.1, -0.05) is 79.6 Å². The lowest BCUT2D eigenvalue weighted by Crippen LogP contribution is -2.18. The Morgan fingerprint density at radius 1 is 0.880 bits per heavy atom. The van der Waals surface area contributed by atoms with Crippen LogP contribution < -0.4 is 0 Å². The molecule has 0 bridgehead atoms. The second kappa shape index (κ2) is 21.5. The van der Waals surface area contributed by atoms with Crippen molar-refractivity contribution in [2.75, 3.05) is 26.7 Å². The Morgan fingerprint density at radius 2 is 1.40 bits per heavy atom. The van der Waals surface area contributed by atoms with Gasteiger partial charge in [0.1, 0.15) is 0 Å². The smallest absolute Gasteiger partial charge is 0.308 e. The van der Waals surface area contributed by atoms with Crippen molar-refractivity contribution in [1.29, 1.82) is 0 Å². The van der Waals surface area contributed by atoms with Crippen LogP contribution in [0.1, 0.15) is 105 Å². The molecule has 0 aliphatic carbocycles. The molecule has 0 spiro atoms. The van der Waals surface area contributed by atoms with Crippen molar-refractivity contribution in [1.82, 2.24) is 4.90 Å². The lowest BCUT2D eigenvalue weighted by Gasteiger charge is -2.13. The lowest BCUT2D eigenvalue weighted by atomic mass is 10.0. The van der Waals surface area contributed by atoms with E-state index in [1.54, 1.807) is 0 Å². The summed E-state index contributed by atoms with van der Waals surface area (Å²) in [6.45, 7) is 13.6. The van der Waals surface area contributed by atoms with Crippen molar-refractivity contribution >= 4 is 5.97 Å². The average Bonchev–Trinajstić information content (AvgIpc) is 2.61. The number of nitrogens with zero attached hydrogens (tertiary/aromatic N) is 1. The molecular formula is C22H47NO2. The maximum absolute atomic E-state index is 11.8. The number of unbranched alkanes of at least 4 members (excludes halogenated alkanes) is 6. The summed E-state index contributed by atoms with van der Waals surface area (Å²) < 4.78 is 5.39. The molecule has 1 unspecified atom stereocenters. The third kappa shape index (κ3) is 19.6. The predicted molar refractivity (Wildman–Crippen MR) is 111 cm³/mol. The molecule has 3 heteroatoms. The van der Waals surface area contributed by atoms with Gasteiger partial charge in [-0.2, -0.15) is 0 Å². The average molecular weight is 358 g/mol. The first-order valence-corrected chi connectivity index (χ1v) is 10.9. The van der Waals surface area contributed by atoms with Gasteiger partial charge in [-0.15, -0.1) is 0 Å². The Bertz CT molecular complexity index is 269. The number of hydrogen-bond donors (Lipinski definition) is 0. The van der Waals surface area contributed by atoms with Crippen molar-refractivity contribution in [3.8, 4) is 0 Å². The molecule has 0 N–H and O–H groups in total. The first-order valence-electron chi connectivity index (χ1n) is 10.9. The minimum atomic E-state index is 0.0180. The zero-order valence-corrected chi connectivity index (χ0v) is 18.2. The number of rotatable bonds is 15. The number of esters is 1. The SMILES string of the molecule is CCC.CCCC(CC)C(=O)OCCCCCCCCCN(C)CC. The largest absolute Gasteiger partial charge is 0.465 e. The van der Waals surface area contributed by atoms with Crippen LogP contribution in [0.25, 0.3) is 0 Å². The Balaban J connectivity index is 0. The van der Waals surface area contributed by atoms with E-state index >= 15 is 0 Å². The molecule has 0 saturated heterocycles. The third-order valence-corrected chi connectivity index (χ3v) is 4.43. The third-order valence-electron chi connectivity index (χ3n) is 4.43. The summed E-state index contributed by atoms with van der Waals surface area (Å²) in [4.78, 5) is 14.2. The number of carbonyl (C=O) groups is 1. The summed E-state index contributed by atoms with van der Waals surface area (Å²) in [5.41, 5.74) is 0. The van der Waals surface area contributed by atoms with Crippen LogP contribution in [0.4, 0.5) is 0 Å². The molecule has 3 nitrogen and oxygen atoms in total. The molecule has 0 heterocycles. The molecule has 0 aliphatic rings. The predicted octanol–water partition coefficient (Wildman–Crippen LogP) is 6.45. The highest BCUT2D eigenvalue weighted by molar-refractivity contribution is 5.72. The van der Waals surface area contributed by atoms with Crippen LogP contribution in [-0.4, -0.2) is 37.6 Å². The second-order valence-corrected chi connectivity index (χ2v) is 7.14. The molecule has 0 radical (unpaired) electrons. The fourth-order valence-electron chi connectivity index (χ4n) is 2.65. The van der Waals surface area contributed by atoms with Crippen molar-refractivity contribution in [2.45, 2.75) is 105 Å². The Morgan fingerprint density at radius 3 is 1.88 bits per heavy atom. The van der Waals surface area contributed by atoms with Gasteiger partial charge in [0.05, 0.1) is 12.5 Å². The van der Waals surface area contributed by atoms with E-state index in [-0.39, 0.29) is 11.9 Å². The van der Waals surface area contributed by atoms with Crippen molar-refractivity contribution in [2.24, 2.45) is 5.92 Å². The van der Waals surface area contributed by atoms with E-state index in [4.69, 9.17) is 4.74 Å². The maximum Gasteiger partial charge on any atom is 0.308 e. The van der Waals surface area contributed by atoms with Gasteiger partial charge in [0.25, 0.3) is 0 Å². The molecule has 0 fully saturated rings. The maximum atomic E-state index is 11.8. The van der Waals surface area contributed by atoms with Crippen molar-refractivity contribution in [3.05, 3.63) is 0 Å². The second-order valence-electron chi connectivity index (χ2n) is 7.14. The van der Waals surface area contributed by atoms with Crippen LogP contribution in [0.5, 0.6) is 0 Å². The Hall–Kier alpha value is -0.570. The first-order chi connectivity index (χ1) is 12.1. The summed E-state index contributed by atoms with van der Waals surface area (Å²) >= 11 is 0. The molecule has 0 aromatic rings. The van der Waals surface area contributed by atoms with Crippen LogP contribution in [-0.2, 0) is 9.53 Å². The van der Waals surface area contributed by atoms with Gasteiger partial charge in [-0.3, -0.25) is 4.79 Å². The number of ether oxygens (including phenoxy) is 1. The fourth-order valence-corrected chi connectivity index (χ4v) is 2.65. The summed E-state index contributed by atoms with van der Waals surface area (Å²) in [7, 11) is 2.19. The summed E-state index contributed by atoms with van der Waals surface area (Å²) in [5, 5.41) is 0. The molecular weight excluding hydrogens is 310 g/mol. The van der Waals surface area contributed by atoms with Gasteiger partial charge < -0.3 is 9.64 Å². The van der Waals surface area contributed by atoms with E-state index < -0.39 is 0 Å². The minimum absolute atomic E-state index is 0.0180. The first kappa shape index (κ1) is 26.7. The quantitative estimate of drug-likeness (QED) is 0.249. The van der Waals surface area contributed by atoms with E-state index in [2.05, 4.69) is 46.6 Å². The highest BCUT2D eigenvalue weighted by atomic mass is 16.5. The van der Waals surface area contributed by atoms with Gasteiger partial charge >= 0.3 is 5.97 Å². The number of hydrogen-bond acceptors (Lipinski definition) is 3. The highest BCUT2D eigenvalue weighted by Gasteiger charge is 2.16. The van der Waals surface area contributed by atoms with E-state index in [9.17, 15) is 4.79 Å². The zero-order valence-electron chi connectivity index (χ0n) is 18.2. The molecule has 0 saturated carbocycles. The van der Waals surface area contributed by atoms with E-state index in [1.807, 2.05) is 0 Å². The molecule has 1 atom stereocenters. The number of carbonyl (C=O) groups excluding carboxylic acids is 1. The van der Waals surface area contributed by atoms with Crippen molar-refractivity contribution < 1.29 is 9.53 Å². The molecule has 0 aromatic heterocycles. The van der Waals surface area contributed by atoms with Gasteiger partial charge in [-0.25, -0.2) is 0 Å². The zero-order chi connectivity index (χ0) is 19.3. The van der Waals surface area contributed by atoms with Crippen LogP contribution in [0.2, 0.25) is 0 Å². The summed E-state index contributed by atoms with van der Waals surface area (Å²) in [6.07, 6.45) is 13.0. The van der Waals surface area contributed by atoms with Gasteiger partial charge in [-0.05, 0) is 45.8 Å². The van der Waals surface area contributed by atoms with Gasteiger partial charge in [0, 0.05) is 0 Å². The molecule has 0 aromatic carbocycles. The van der Waals surface area contributed by atoms with Crippen LogP contribution in [0.3, 0.4) is 0 Å². The van der Waals surface area contributed by atoms with E-state index in [1.165, 1.54) is 51.5 Å². The Labute approximate surface area is 158 Å². The van der Waals surface area contributed by atoms with Crippen molar-refractivity contribution in [3.63, 3.8) is 0 Å². The molecule has 0 rings (SSSR count). The topological polar surface area (TPSA) is 29.5 Å². The summed E-state index contributed by atoms with van der Waals surface area (Å²) in [5.74, 6) is 0.135. The van der Waals surface area contributed by atoms with Crippen LogP contribution in [0, 0.1) is 5.92 Å². The highest BCUT2D eigenvalue weighted by Crippen LogP contribution is 2.13. The lowest BCUT2D eigenvalue weighted by molar-refractivity contribution is -0.149. The van der Waals surface area contributed by atoms with E-state index in [0.29, 0.717) is 6.61 Å². The summed E-state index contributed by atoms with van der Waals surface area (Å²) in [6, 6.07) is 0. The monoisotopic (exact) mass is 357 g/mol. The standard InChI is InChI=1S/C19H39NO2.C3H8/c1-5-15-18(6-2)19(21)22-17-14-12-10-8-9-11-13-16-20(4)7-3;1-3-2/h18H,5-17H2,1-4H3;3H2,1-2H3. The van der Waals surface area contributed by atoms with E-state index in [0.717, 1.165) is 32.2 Å². The Kier molecular flexibility index (Phi) is 22.9.